The maximum atomic E-state index is 4.57. The number of nitrogens with zero attached hydrogens (tertiary/aromatic N) is 3. The Morgan fingerprint density at radius 1 is 0.905 bits per heavy atom. The van der Waals surface area contributed by atoms with E-state index in [9.17, 15) is 0 Å². The van der Waals surface area contributed by atoms with Crippen LogP contribution < -0.4 is 4.90 Å². The van der Waals surface area contributed by atoms with Crippen LogP contribution in [0.5, 0.6) is 0 Å². The van der Waals surface area contributed by atoms with Gasteiger partial charge in [0.1, 0.15) is 5.82 Å². The molecule has 2 aliphatic rings. The predicted molar refractivity (Wildman–Crippen MR) is 84.2 cm³/mol. The molecule has 0 N–H and O–H groups in total. The number of fused-ring (bicyclic) bond motifs is 2. The van der Waals surface area contributed by atoms with Crippen molar-refractivity contribution >= 4 is 5.82 Å². The Balaban J connectivity index is 1.49. The summed E-state index contributed by atoms with van der Waals surface area (Å²) in [5.41, 5.74) is 1.24. The highest BCUT2D eigenvalue weighted by atomic mass is 15.3. The molecule has 0 spiro atoms. The first-order chi connectivity index (χ1) is 10.4. The first-order valence-corrected chi connectivity index (χ1v) is 7.99. The van der Waals surface area contributed by atoms with Crippen LogP contribution in [-0.4, -0.2) is 22.1 Å². The molecule has 0 amide bonds. The van der Waals surface area contributed by atoms with Gasteiger partial charge in [-0.2, -0.15) is 0 Å². The number of hydrogen-bond donors (Lipinski definition) is 0. The summed E-state index contributed by atoms with van der Waals surface area (Å²) < 4.78 is 0. The fourth-order valence-corrected chi connectivity index (χ4v) is 4.15. The summed E-state index contributed by atoms with van der Waals surface area (Å²) in [6.45, 7) is 0. The van der Waals surface area contributed by atoms with Gasteiger partial charge in [-0.15, -0.1) is 0 Å². The van der Waals surface area contributed by atoms with E-state index in [1.807, 2.05) is 24.5 Å². The van der Waals surface area contributed by atoms with Crippen LogP contribution in [0.4, 0.5) is 5.82 Å². The first-order valence-electron chi connectivity index (χ1n) is 7.99. The van der Waals surface area contributed by atoms with E-state index in [1.54, 1.807) is 0 Å². The van der Waals surface area contributed by atoms with Gasteiger partial charge in [0.25, 0.3) is 0 Å². The van der Waals surface area contributed by atoms with Crippen LogP contribution in [0.3, 0.4) is 0 Å². The first kappa shape index (κ1) is 12.8. The van der Waals surface area contributed by atoms with Crippen LogP contribution >= 0.6 is 0 Å². The van der Waals surface area contributed by atoms with Crippen molar-refractivity contribution in [3.8, 4) is 0 Å². The minimum absolute atomic E-state index is 0.673. The smallest absolute Gasteiger partial charge is 0.128 e. The molecule has 2 aliphatic heterocycles. The Labute approximate surface area is 126 Å². The molecule has 108 valence electrons. The summed E-state index contributed by atoms with van der Waals surface area (Å²) in [4.78, 5) is 11.6. The minimum atomic E-state index is 0.673. The van der Waals surface area contributed by atoms with E-state index in [2.05, 4.69) is 39.1 Å². The van der Waals surface area contributed by atoms with Crippen LogP contribution in [0, 0.1) is 5.92 Å². The molecule has 2 aromatic rings. The molecule has 0 aliphatic carbocycles. The molecule has 4 heterocycles. The maximum Gasteiger partial charge on any atom is 0.128 e. The van der Waals surface area contributed by atoms with Gasteiger partial charge in [-0.3, -0.25) is 4.98 Å². The molecule has 0 saturated carbocycles. The molecule has 3 atom stereocenters. The summed E-state index contributed by atoms with van der Waals surface area (Å²) in [5.74, 6) is 1.94. The number of rotatable bonds is 3. The molecule has 3 nitrogen and oxygen atoms in total. The van der Waals surface area contributed by atoms with Crippen LogP contribution in [0.15, 0.2) is 48.8 Å². The minimum Gasteiger partial charge on any atom is -0.351 e. The quantitative estimate of drug-likeness (QED) is 0.861. The van der Waals surface area contributed by atoms with Crippen LogP contribution in [0.25, 0.3) is 0 Å². The third-order valence-corrected chi connectivity index (χ3v) is 4.97. The summed E-state index contributed by atoms with van der Waals surface area (Å²) in [7, 11) is 0. The molecule has 0 aromatic carbocycles. The second-order valence-electron chi connectivity index (χ2n) is 6.34. The maximum absolute atomic E-state index is 4.57. The summed E-state index contributed by atoms with van der Waals surface area (Å²) >= 11 is 0. The average Bonchev–Trinajstić information content (AvgIpc) is 2.80. The van der Waals surface area contributed by atoms with Gasteiger partial charge in [0.05, 0.1) is 0 Å². The van der Waals surface area contributed by atoms with Crippen molar-refractivity contribution in [2.24, 2.45) is 5.92 Å². The van der Waals surface area contributed by atoms with E-state index in [1.165, 1.54) is 37.2 Å². The van der Waals surface area contributed by atoms with Gasteiger partial charge in [-0.1, -0.05) is 12.1 Å². The number of anilines is 1. The highest BCUT2D eigenvalue weighted by molar-refractivity contribution is 5.43. The predicted octanol–water partition coefficient (Wildman–Crippen LogP) is 3.47. The van der Waals surface area contributed by atoms with Crippen molar-refractivity contribution in [3.63, 3.8) is 0 Å². The Morgan fingerprint density at radius 2 is 1.62 bits per heavy atom. The standard InChI is InChI=1S/C18H21N3/c1-3-9-19-15(5-1)11-14-12-16-7-8-17(13-14)21(16)18-6-2-4-10-20-18/h1-6,9-10,14,16-17H,7-8,11-13H2/t14?,16-,17?/m1/s1. The van der Waals surface area contributed by atoms with E-state index in [4.69, 9.17) is 0 Å². The third-order valence-electron chi connectivity index (χ3n) is 4.97. The van der Waals surface area contributed by atoms with Gasteiger partial charge in [0.15, 0.2) is 0 Å². The Hall–Kier alpha value is -1.90. The van der Waals surface area contributed by atoms with Gasteiger partial charge in [0, 0.05) is 30.2 Å². The summed E-state index contributed by atoms with van der Waals surface area (Å²) in [5, 5.41) is 0. The second kappa shape index (κ2) is 5.47. The Bertz CT molecular complexity index is 570. The van der Waals surface area contributed by atoms with E-state index >= 15 is 0 Å². The van der Waals surface area contributed by atoms with Crippen molar-refractivity contribution in [1.82, 2.24) is 9.97 Å². The van der Waals surface area contributed by atoms with Crippen LogP contribution in [0.2, 0.25) is 0 Å². The monoisotopic (exact) mass is 279 g/mol. The topological polar surface area (TPSA) is 29.0 Å². The highest BCUT2D eigenvalue weighted by Crippen LogP contribution is 2.41. The molecule has 2 fully saturated rings. The molecule has 2 saturated heterocycles. The lowest BCUT2D eigenvalue weighted by Gasteiger charge is -2.39. The lowest BCUT2D eigenvalue weighted by atomic mass is 9.87. The Morgan fingerprint density at radius 3 is 2.24 bits per heavy atom. The number of hydrogen-bond acceptors (Lipinski definition) is 3. The summed E-state index contributed by atoms with van der Waals surface area (Å²) in [6.07, 6.45) is 10.2. The molecule has 3 heteroatoms. The SMILES string of the molecule is c1ccc(CC2CC3CC[C@H](C2)N3c2ccccn2)nc1. The van der Waals surface area contributed by atoms with Crippen molar-refractivity contribution in [2.45, 2.75) is 44.2 Å². The third kappa shape index (κ3) is 2.53. The van der Waals surface area contributed by atoms with Gasteiger partial charge in [0.2, 0.25) is 0 Å². The van der Waals surface area contributed by atoms with Gasteiger partial charge >= 0.3 is 0 Å². The average molecular weight is 279 g/mol. The van der Waals surface area contributed by atoms with Crippen molar-refractivity contribution in [3.05, 3.63) is 54.5 Å². The molecule has 4 rings (SSSR count). The number of aromatic nitrogens is 2. The van der Waals surface area contributed by atoms with E-state index in [-0.39, 0.29) is 0 Å². The van der Waals surface area contributed by atoms with Crippen molar-refractivity contribution in [1.29, 1.82) is 0 Å². The number of pyridine rings is 2. The van der Waals surface area contributed by atoms with Crippen molar-refractivity contribution in [2.75, 3.05) is 4.90 Å². The lowest BCUT2D eigenvalue weighted by Crippen LogP contribution is -2.43. The molecule has 2 aromatic heterocycles. The lowest BCUT2D eigenvalue weighted by molar-refractivity contribution is 0.334. The molecule has 2 unspecified atom stereocenters. The number of piperidine rings is 1. The van der Waals surface area contributed by atoms with E-state index in [0.717, 1.165) is 12.3 Å². The fourth-order valence-electron chi connectivity index (χ4n) is 4.15. The second-order valence-corrected chi connectivity index (χ2v) is 6.34. The van der Waals surface area contributed by atoms with E-state index in [0.29, 0.717) is 12.1 Å². The van der Waals surface area contributed by atoms with Crippen LogP contribution in [0.1, 0.15) is 31.4 Å². The van der Waals surface area contributed by atoms with Gasteiger partial charge in [-0.05, 0) is 62.3 Å². The highest BCUT2D eigenvalue weighted by Gasteiger charge is 2.41. The zero-order valence-electron chi connectivity index (χ0n) is 12.2. The largest absolute Gasteiger partial charge is 0.351 e. The van der Waals surface area contributed by atoms with Crippen molar-refractivity contribution < 1.29 is 0 Å². The van der Waals surface area contributed by atoms with Gasteiger partial charge < -0.3 is 4.90 Å². The fraction of sp³-hybridized carbons (Fsp3) is 0.444. The zero-order chi connectivity index (χ0) is 14.1. The zero-order valence-corrected chi connectivity index (χ0v) is 12.2. The summed E-state index contributed by atoms with van der Waals surface area (Å²) in [6, 6.07) is 13.9. The molecular weight excluding hydrogens is 258 g/mol. The molecule has 2 bridgehead atoms. The molecular formula is C18H21N3. The van der Waals surface area contributed by atoms with E-state index < -0.39 is 0 Å². The van der Waals surface area contributed by atoms with Crippen LogP contribution in [-0.2, 0) is 6.42 Å². The molecule has 0 radical (unpaired) electrons. The normalized spacial score (nSPS) is 27.8. The molecule has 21 heavy (non-hydrogen) atoms. The Kier molecular flexibility index (Phi) is 3.34. The van der Waals surface area contributed by atoms with Gasteiger partial charge in [-0.25, -0.2) is 4.98 Å².